The summed E-state index contributed by atoms with van der Waals surface area (Å²) < 4.78 is 99.5. The smallest absolute Gasteiger partial charge is 0.269 e. The predicted octanol–water partition coefficient (Wildman–Crippen LogP) is 13.4. The molecule has 0 saturated heterocycles. The third-order valence-corrected chi connectivity index (χ3v) is 11.2. The first kappa shape index (κ1) is 26.6. The van der Waals surface area contributed by atoms with Gasteiger partial charge < -0.3 is 4.74 Å². The molecule has 0 radical (unpaired) electrons. The summed E-state index contributed by atoms with van der Waals surface area (Å²) in [6.07, 6.45) is 5.35. The van der Waals surface area contributed by atoms with Crippen LogP contribution in [0.2, 0.25) is 0 Å². The molecule has 5 nitrogen and oxygen atoms in total. The maximum absolute atomic E-state index is 9.04. The van der Waals surface area contributed by atoms with E-state index in [1.165, 1.54) is 5.56 Å². The number of aryl methyl sites for hydroxylation is 1. The number of benzene rings is 7. The van der Waals surface area contributed by atoms with Crippen LogP contribution in [0.15, 0.2) is 182 Å². The SMILES string of the molecule is [2H]c1c([2H])c([2H])c(-c2cccc(-c3c([2H])c([2H])c([2H])c([2H])c3[2H])c2-[n+]2[c-]n(-c3cccc(Oc4ccc5c6ccccc6n(-c6cc(C(C)C(C)C)ccn6)c5c4)c3)c3cccc(C)c32)c([2H])c1[2H]. The summed E-state index contributed by atoms with van der Waals surface area (Å²) in [5.41, 5.74) is 6.14. The Balaban J connectivity index is 1.15. The number of fused-ring (bicyclic) bond motifs is 4. The van der Waals surface area contributed by atoms with Gasteiger partial charge in [0.15, 0.2) is 0 Å². The van der Waals surface area contributed by atoms with Crippen molar-refractivity contribution in [1.29, 1.82) is 0 Å². The first-order valence-electron chi connectivity index (χ1n) is 24.6. The normalized spacial score (nSPS) is 14.5. The molecule has 59 heavy (non-hydrogen) atoms. The fraction of sp³-hybridized carbons (Fsp3) is 0.111. The van der Waals surface area contributed by atoms with Crippen LogP contribution in [0.25, 0.3) is 72.3 Å². The quantitative estimate of drug-likeness (QED) is 0.108. The van der Waals surface area contributed by atoms with Gasteiger partial charge in [-0.1, -0.05) is 142 Å². The molecule has 0 aliphatic carbocycles. The summed E-state index contributed by atoms with van der Waals surface area (Å²) in [4.78, 5) is 4.85. The van der Waals surface area contributed by atoms with Gasteiger partial charge in [-0.25, -0.2) is 4.98 Å². The Hall–Kier alpha value is -7.24. The lowest BCUT2D eigenvalue weighted by atomic mass is 9.91. The third kappa shape index (κ3) is 6.45. The number of aromatic nitrogens is 4. The van der Waals surface area contributed by atoms with Gasteiger partial charge in [0.2, 0.25) is 0 Å². The van der Waals surface area contributed by atoms with Crippen LogP contribution in [-0.4, -0.2) is 14.1 Å². The highest BCUT2D eigenvalue weighted by molar-refractivity contribution is 6.09. The Labute approximate surface area is 359 Å². The molecule has 0 spiro atoms. The van der Waals surface area contributed by atoms with Crippen LogP contribution >= 0.6 is 0 Å². The van der Waals surface area contributed by atoms with Gasteiger partial charge in [0.05, 0.1) is 47.1 Å². The summed E-state index contributed by atoms with van der Waals surface area (Å²) in [6, 6.07) is 31.4. The number of nitrogens with zero attached hydrogens (tertiary/aromatic N) is 4. The molecule has 1 unspecified atom stereocenters. The lowest BCUT2D eigenvalue weighted by Gasteiger charge is -2.17. The van der Waals surface area contributed by atoms with Crippen molar-refractivity contribution < 1.29 is 23.0 Å². The van der Waals surface area contributed by atoms with Gasteiger partial charge in [-0.15, -0.1) is 0 Å². The van der Waals surface area contributed by atoms with E-state index < -0.39 is 60.4 Å². The fourth-order valence-electron chi connectivity index (χ4n) is 7.94. The van der Waals surface area contributed by atoms with Gasteiger partial charge in [-0.2, -0.15) is 0 Å². The molecule has 0 fully saturated rings. The van der Waals surface area contributed by atoms with Crippen molar-refractivity contribution in [3.8, 4) is 50.9 Å². The minimum Gasteiger partial charge on any atom is -0.458 e. The molecule has 5 heteroatoms. The molecule has 3 heterocycles. The highest BCUT2D eigenvalue weighted by atomic mass is 16.5. The third-order valence-electron chi connectivity index (χ3n) is 11.2. The second-order valence-electron chi connectivity index (χ2n) is 15.0. The van der Waals surface area contributed by atoms with E-state index >= 15 is 0 Å². The topological polar surface area (TPSA) is 35.9 Å². The van der Waals surface area contributed by atoms with E-state index in [0.29, 0.717) is 40.1 Å². The van der Waals surface area contributed by atoms with E-state index in [1.807, 2.05) is 84.4 Å². The van der Waals surface area contributed by atoms with Crippen LogP contribution in [0.5, 0.6) is 11.5 Å². The maximum Gasteiger partial charge on any atom is 0.269 e. The molecule has 3 aromatic heterocycles. The number of para-hydroxylation sites is 3. The molecule has 7 aromatic carbocycles. The first-order valence-corrected chi connectivity index (χ1v) is 19.6. The Morgan fingerprint density at radius 2 is 1.31 bits per heavy atom. The summed E-state index contributed by atoms with van der Waals surface area (Å²) in [5, 5.41) is 2.14. The second-order valence-corrected chi connectivity index (χ2v) is 15.0. The molecule has 0 aliphatic heterocycles. The summed E-state index contributed by atoms with van der Waals surface area (Å²) >= 11 is 0. The molecule has 10 rings (SSSR count). The van der Waals surface area contributed by atoms with E-state index in [0.717, 1.165) is 33.2 Å². The Kier molecular flexibility index (Phi) is 6.74. The zero-order valence-electron chi connectivity index (χ0n) is 42.9. The number of ether oxygens (including phenoxy) is 1. The summed E-state index contributed by atoms with van der Waals surface area (Å²) in [7, 11) is 0. The van der Waals surface area contributed by atoms with Crippen molar-refractivity contribution in [2.75, 3.05) is 0 Å². The molecule has 0 amide bonds. The van der Waals surface area contributed by atoms with Crippen molar-refractivity contribution >= 4 is 32.8 Å². The molecule has 0 saturated carbocycles. The first-order chi connectivity index (χ1) is 33.1. The number of hydrogen-bond acceptors (Lipinski definition) is 2. The van der Waals surface area contributed by atoms with E-state index in [-0.39, 0.29) is 27.9 Å². The van der Waals surface area contributed by atoms with Gasteiger partial charge in [-0.3, -0.25) is 13.7 Å². The van der Waals surface area contributed by atoms with Crippen LogP contribution in [0.4, 0.5) is 0 Å². The number of pyridine rings is 1. The maximum atomic E-state index is 9.04. The van der Waals surface area contributed by atoms with Crippen LogP contribution in [0.3, 0.4) is 0 Å². The number of rotatable bonds is 9. The second kappa shape index (κ2) is 14.9. The van der Waals surface area contributed by atoms with Crippen molar-refractivity contribution in [2.45, 2.75) is 33.6 Å². The van der Waals surface area contributed by atoms with Crippen LogP contribution in [-0.2, 0) is 0 Å². The standard InChI is InChI=1S/C54H44N4O/c1-36(2)38(4)41-30-31-55-52(32-41)58-49-26-12-11-23-47(49)48-29-28-44(34-51(48)58)59-43-22-14-21-42(33-43)56-35-57(53-37(3)16-13-27-50(53)56)54-45(39-17-7-5-8-18-39)24-15-25-46(54)40-19-9-6-10-20-40/h5-34,36,38H,1-4H3/i5D,6D,7D,8D,9D,10D,17D,18D,19D,20D. The average molecular weight is 775 g/mol. The highest BCUT2D eigenvalue weighted by Crippen LogP contribution is 2.38. The Bertz CT molecular complexity index is 3600. The monoisotopic (exact) mass is 774 g/mol. The average Bonchev–Trinajstić information content (AvgIpc) is 3.90. The molecule has 10 aromatic rings. The number of imidazole rings is 1. The lowest BCUT2D eigenvalue weighted by Crippen LogP contribution is -2.32. The molecule has 286 valence electrons. The van der Waals surface area contributed by atoms with E-state index in [2.05, 4.69) is 62.0 Å². The van der Waals surface area contributed by atoms with Gasteiger partial charge in [-0.05, 0) is 101 Å². The number of hydrogen-bond donors (Lipinski definition) is 0. The minimum absolute atomic E-state index is 0.124. The highest BCUT2D eigenvalue weighted by Gasteiger charge is 2.21. The molecular weight excluding hydrogens is 721 g/mol. The molecule has 0 N–H and O–H groups in total. The van der Waals surface area contributed by atoms with Crippen LogP contribution < -0.4 is 9.30 Å². The lowest BCUT2D eigenvalue weighted by molar-refractivity contribution is -0.571. The van der Waals surface area contributed by atoms with Crippen LogP contribution in [0, 0.1) is 19.2 Å². The van der Waals surface area contributed by atoms with Crippen LogP contribution in [0.1, 0.15) is 51.5 Å². The van der Waals surface area contributed by atoms with Gasteiger partial charge >= 0.3 is 0 Å². The zero-order chi connectivity index (χ0) is 48.7. The van der Waals surface area contributed by atoms with Crippen molar-refractivity contribution in [2.24, 2.45) is 5.92 Å². The van der Waals surface area contributed by atoms with E-state index in [4.69, 9.17) is 23.4 Å². The van der Waals surface area contributed by atoms with Gasteiger partial charge in [0, 0.05) is 23.0 Å². The van der Waals surface area contributed by atoms with E-state index in [1.54, 1.807) is 22.8 Å². The fourth-order valence-corrected chi connectivity index (χ4v) is 7.94. The summed E-state index contributed by atoms with van der Waals surface area (Å²) in [6.45, 7) is 8.57. The molecule has 0 bridgehead atoms. The minimum atomic E-state index is -0.563. The zero-order valence-corrected chi connectivity index (χ0v) is 32.9. The molecular formula is C54H44N4O. The van der Waals surface area contributed by atoms with E-state index in [9.17, 15) is 0 Å². The van der Waals surface area contributed by atoms with Gasteiger partial charge in [0.1, 0.15) is 17.3 Å². The summed E-state index contributed by atoms with van der Waals surface area (Å²) in [5.74, 6) is 2.72. The Morgan fingerprint density at radius 3 is 2.05 bits per heavy atom. The van der Waals surface area contributed by atoms with Gasteiger partial charge in [0.25, 0.3) is 6.33 Å². The molecule has 0 aliphatic rings. The molecule has 1 atom stereocenters. The van der Waals surface area contributed by atoms with Crippen molar-refractivity contribution in [3.63, 3.8) is 0 Å². The van der Waals surface area contributed by atoms with Crippen molar-refractivity contribution in [1.82, 2.24) is 14.1 Å². The predicted molar refractivity (Wildman–Crippen MR) is 241 cm³/mol. The van der Waals surface area contributed by atoms with Crippen molar-refractivity contribution in [3.05, 3.63) is 199 Å². The Morgan fingerprint density at radius 1 is 0.644 bits per heavy atom. The largest absolute Gasteiger partial charge is 0.458 e.